The van der Waals surface area contributed by atoms with Crippen molar-refractivity contribution in [3.05, 3.63) is 88.5 Å². The van der Waals surface area contributed by atoms with Gasteiger partial charge in [0, 0.05) is 54.4 Å². The van der Waals surface area contributed by atoms with E-state index in [4.69, 9.17) is 19.7 Å². The highest BCUT2D eigenvalue weighted by atomic mass is 16.7. The molecular formula is C40H51N7O6+2. The van der Waals surface area contributed by atoms with Gasteiger partial charge in [-0.25, -0.2) is 9.59 Å². The second-order valence-electron chi connectivity index (χ2n) is 15.4. The molecule has 6 aliphatic rings. The summed E-state index contributed by atoms with van der Waals surface area (Å²) in [5.74, 6) is -1.62. The third kappa shape index (κ3) is 6.66. The maximum Gasteiger partial charge on any atom is 0.508 e. The number of β-lactam (4-membered cyclic amide) rings is 1. The molecule has 13 heteroatoms. The highest BCUT2D eigenvalue weighted by molar-refractivity contribution is 6.03. The van der Waals surface area contributed by atoms with Crippen LogP contribution in [0.3, 0.4) is 0 Å². The van der Waals surface area contributed by atoms with Crippen LogP contribution in [0.4, 0.5) is 10.5 Å². The molecule has 6 aliphatic heterocycles. The lowest BCUT2D eigenvalue weighted by Gasteiger charge is -2.55. The number of piperazine rings is 3. The minimum Gasteiger partial charge on any atom is -0.457 e. The molecule has 6 heterocycles. The fourth-order valence-corrected chi connectivity index (χ4v) is 9.68. The van der Waals surface area contributed by atoms with Gasteiger partial charge in [-0.05, 0) is 40.6 Å². The molecule has 0 aromatic heterocycles. The predicted molar refractivity (Wildman–Crippen MR) is 200 cm³/mol. The van der Waals surface area contributed by atoms with E-state index in [2.05, 4.69) is 58.4 Å². The highest BCUT2D eigenvalue weighted by Crippen LogP contribution is 2.49. The van der Waals surface area contributed by atoms with E-state index in [1.54, 1.807) is 11.8 Å². The van der Waals surface area contributed by atoms with E-state index < -0.39 is 24.1 Å². The Labute approximate surface area is 310 Å². The molecule has 0 radical (unpaired) electrons. The molecule has 1 amide bonds. The molecule has 53 heavy (non-hydrogen) atoms. The van der Waals surface area contributed by atoms with Crippen LogP contribution in [0.2, 0.25) is 0 Å². The molecule has 2 aromatic carbocycles. The standard InChI is InChI=1S/C40H51N7O6/c1-5-23-51-39(49)37-32(27(3)36-34(38(48)45(36)37)28(4)53-40(50)52-24-6-2)26-44-25-30-12-11-29(31-9-7-10-33(44)35(30)31)13-16-47-20-17-46(18-21-47,19-22-47)15-8-14-42-43-41/h5-7,9-12,27-28,34,36H,1-2,8,13-26H2,3-4H3/q+2/t27-,28?,34?,36?,46?,47?/m0/s1. The van der Waals surface area contributed by atoms with Gasteiger partial charge in [-0.2, -0.15) is 0 Å². The van der Waals surface area contributed by atoms with Gasteiger partial charge in [0.15, 0.2) is 0 Å². The van der Waals surface area contributed by atoms with Gasteiger partial charge >= 0.3 is 12.1 Å². The first-order valence-corrected chi connectivity index (χ1v) is 18.9. The van der Waals surface area contributed by atoms with Crippen LogP contribution in [0.15, 0.2) is 72.0 Å². The molecule has 13 nitrogen and oxygen atoms in total. The first-order valence-electron chi connectivity index (χ1n) is 18.9. The van der Waals surface area contributed by atoms with Crippen LogP contribution in [0.1, 0.15) is 31.4 Å². The Bertz CT molecular complexity index is 1880. The van der Waals surface area contributed by atoms with E-state index in [0.717, 1.165) is 37.2 Å². The number of ether oxygens (including phenoxy) is 3. The average Bonchev–Trinajstić information content (AvgIpc) is 3.64. The minimum atomic E-state index is -0.858. The van der Waals surface area contributed by atoms with E-state index in [-0.39, 0.29) is 36.8 Å². The zero-order valence-corrected chi connectivity index (χ0v) is 31.0. The molecular weight excluding hydrogens is 674 g/mol. The summed E-state index contributed by atoms with van der Waals surface area (Å²) in [5.41, 5.74) is 13.5. The van der Waals surface area contributed by atoms with Crippen LogP contribution in [0.25, 0.3) is 21.2 Å². The van der Waals surface area contributed by atoms with Crippen LogP contribution in [0, 0.1) is 11.8 Å². The number of anilines is 1. The number of esters is 1. The summed E-state index contributed by atoms with van der Waals surface area (Å²) >= 11 is 0. The number of amides is 1. The van der Waals surface area contributed by atoms with Gasteiger partial charge in [0.2, 0.25) is 5.91 Å². The third-order valence-electron chi connectivity index (χ3n) is 12.6. The Morgan fingerprint density at radius 3 is 2.43 bits per heavy atom. The molecule has 0 N–H and O–H groups in total. The smallest absolute Gasteiger partial charge is 0.457 e. The Morgan fingerprint density at radius 1 is 1.04 bits per heavy atom. The van der Waals surface area contributed by atoms with Crippen molar-refractivity contribution >= 4 is 34.5 Å². The number of carbonyl (C=O) groups excluding carboxylic acids is 3. The summed E-state index contributed by atoms with van der Waals surface area (Å²) < 4.78 is 18.4. The lowest BCUT2D eigenvalue weighted by molar-refractivity contribution is -1.08. The summed E-state index contributed by atoms with van der Waals surface area (Å²) in [6.07, 6.45) is 3.33. The van der Waals surface area contributed by atoms with Crippen LogP contribution < -0.4 is 4.90 Å². The number of hydrogen-bond acceptors (Lipinski definition) is 8. The van der Waals surface area contributed by atoms with Crippen molar-refractivity contribution in [3.8, 4) is 0 Å². The lowest BCUT2D eigenvalue weighted by atomic mass is 9.77. The Kier molecular flexibility index (Phi) is 10.3. The monoisotopic (exact) mass is 725 g/mol. The summed E-state index contributed by atoms with van der Waals surface area (Å²) in [6.45, 7) is 22.2. The molecule has 4 saturated heterocycles. The molecule has 2 aromatic rings. The minimum absolute atomic E-state index is 0.0106. The van der Waals surface area contributed by atoms with Crippen LogP contribution in [-0.4, -0.2) is 123 Å². The van der Waals surface area contributed by atoms with Crippen LogP contribution in [0.5, 0.6) is 0 Å². The second kappa shape index (κ2) is 14.9. The van der Waals surface area contributed by atoms with Crippen molar-refractivity contribution in [1.29, 1.82) is 0 Å². The fourth-order valence-electron chi connectivity index (χ4n) is 9.68. The lowest BCUT2D eigenvalue weighted by Crippen LogP contribution is -2.75. The van der Waals surface area contributed by atoms with Gasteiger partial charge < -0.3 is 33.0 Å². The number of fused-ring (bicyclic) bond motifs is 4. The maximum atomic E-state index is 13.7. The molecule has 0 aliphatic carbocycles. The molecule has 0 saturated carbocycles. The molecule has 280 valence electrons. The van der Waals surface area contributed by atoms with E-state index in [1.165, 1.54) is 82.3 Å². The zero-order valence-electron chi connectivity index (χ0n) is 31.0. The molecule has 3 unspecified atom stereocenters. The second-order valence-corrected chi connectivity index (χ2v) is 15.4. The van der Waals surface area contributed by atoms with Crippen LogP contribution in [-0.2, 0) is 36.8 Å². The van der Waals surface area contributed by atoms with Gasteiger partial charge in [0.25, 0.3) is 0 Å². The Balaban J connectivity index is 1.08. The molecule has 0 spiro atoms. The first-order chi connectivity index (χ1) is 25.6. The third-order valence-corrected chi connectivity index (χ3v) is 12.6. The molecule has 4 fully saturated rings. The van der Waals surface area contributed by atoms with Crippen molar-refractivity contribution in [3.63, 3.8) is 0 Å². The highest BCUT2D eigenvalue weighted by Gasteiger charge is 2.61. The van der Waals surface area contributed by atoms with Crippen molar-refractivity contribution in [1.82, 2.24) is 4.90 Å². The number of hydrogen-bond donors (Lipinski definition) is 0. The zero-order chi connectivity index (χ0) is 37.3. The van der Waals surface area contributed by atoms with Crippen molar-refractivity contribution in [2.24, 2.45) is 17.0 Å². The topological polar surface area (TPSA) is 134 Å². The fraction of sp³-hybridized carbons (Fsp3) is 0.525. The van der Waals surface area contributed by atoms with Gasteiger partial charge in [-0.3, -0.25) is 4.79 Å². The van der Waals surface area contributed by atoms with E-state index in [9.17, 15) is 14.4 Å². The van der Waals surface area contributed by atoms with E-state index in [0.29, 0.717) is 19.6 Å². The SMILES string of the molecule is C=CCOC(=O)OC(C)C1C(=O)N2C(C(=O)OCC=C)=C(CN3Cc4ccc(CC[N+]56CC[N+](CCCN=[N+]=[N-])(CC5)CC6)c5cccc3c45)[C@H](C)C12. The number of nitrogens with zero attached hydrogens (tertiary/aromatic N) is 7. The molecule has 2 bridgehead atoms. The summed E-state index contributed by atoms with van der Waals surface area (Å²) in [5, 5.41) is 6.29. The van der Waals surface area contributed by atoms with E-state index in [1.807, 2.05) is 6.92 Å². The number of carbonyl (C=O) groups is 3. The Hall–Kier alpha value is -4.84. The summed E-state index contributed by atoms with van der Waals surface area (Å²) in [6, 6.07) is 10.7. The Morgan fingerprint density at radius 2 is 1.74 bits per heavy atom. The largest absolute Gasteiger partial charge is 0.508 e. The normalized spacial score (nSPS) is 27.2. The number of quaternary nitrogens is 2. The quantitative estimate of drug-likeness (QED) is 0.0337. The van der Waals surface area contributed by atoms with Crippen LogP contribution >= 0.6 is 0 Å². The van der Waals surface area contributed by atoms with Crippen molar-refractivity contribution in [2.75, 3.05) is 83.6 Å². The van der Waals surface area contributed by atoms with Gasteiger partial charge in [0.1, 0.15) is 64.3 Å². The summed E-state index contributed by atoms with van der Waals surface area (Å²) in [4.78, 5) is 46.2. The number of benzene rings is 2. The van der Waals surface area contributed by atoms with Gasteiger partial charge in [0.05, 0.1) is 25.0 Å². The predicted octanol–water partition coefficient (Wildman–Crippen LogP) is 5.25. The van der Waals surface area contributed by atoms with Gasteiger partial charge in [-0.15, -0.1) is 0 Å². The maximum absolute atomic E-state index is 13.7. The average molecular weight is 726 g/mol. The first kappa shape index (κ1) is 36.5. The molecule has 4 atom stereocenters. The van der Waals surface area contributed by atoms with Gasteiger partial charge in [-0.1, -0.05) is 61.6 Å². The number of rotatable bonds is 16. The summed E-state index contributed by atoms with van der Waals surface area (Å²) in [7, 11) is 0. The van der Waals surface area contributed by atoms with E-state index >= 15 is 0 Å². The molecule has 8 rings (SSSR count). The van der Waals surface area contributed by atoms with Crippen molar-refractivity contribution in [2.45, 2.75) is 45.4 Å². The number of azide groups is 1. The van der Waals surface area contributed by atoms with Crippen molar-refractivity contribution < 1.29 is 37.6 Å².